The summed E-state index contributed by atoms with van der Waals surface area (Å²) in [5, 5.41) is 6.40. The third-order valence-electron chi connectivity index (χ3n) is 3.87. The zero-order valence-corrected chi connectivity index (χ0v) is 11.1. The summed E-state index contributed by atoms with van der Waals surface area (Å²) in [6.45, 7) is 2.56. The molecule has 1 aromatic carbocycles. The van der Waals surface area contributed by atoms with Gasteiger partial charge in [-0.15, -0.1) is 0 Å². The van der Waals surface area contributed by atoms with Crippen LogP contribution in [0.4, 0.5) is 5.69 Å². The summed E-state index contributed by atoms with van der Waals surface area (Å²) < 4.78 is 5.53. The molecule has 1 aromatic rings. The van der Waals surface area contributed by atoms with Crippen LogP contribution in [0.15, 0.2) is 18.2 Å². The molecule has 1 amide bonds. The van der Waals surface area contributed by atoms with E-state index in [1.165, 1.54) is 11.1 Å². The molecule has 0 bridgehead atoms. The first kappa shape index (κ1) is 12.6. The summed E-state index contributed by atoms with van der Waals surface area (Å²) in [4.78, 5) is 12.2. The number of benzene rings is 1. The highest BCUT2D eigenvalue weighted by Crippen LogP contribution is 2.24. The molecule has 4 nitrogen and oxygen atoms in total. The largest absolute Gasteiger partial charge is 0.368 e. The maximum Gasteiger partial charge on any atom is 0.253 e. The summed E-state index contributed by atoms with van der Waals surface area (Å²) >= 11 is 0. The molecular weight excluding hydrogens is 240 g/mol. The van der Waals surface area contributed by atoms with Crippen LogP contribution in [-0.2, 0) is 22.5 Å². The van der Waals surface area contributed by atoms with Crippen LogP contribution in [0.5, 0.6) is 0 Å². The van der Waals surface area contributed by atoms with E-state index in [9.17, 15) is 4.79 Å². The highest BCUT2D eigenvalue weighted by atomic mass is 16.5. The molecular formula is C15H20N2O2. The first-order chi connectivity index (χ1) is 9.34. The van der Waals surface area contributed by atoms with E-state index in [-0.39, 0.29) is 12.0 Å². The molecule has 0 saturated carbocycles. The van der Waals surface area contributed by atoms with Gasteiger partial charge < -0.3 is 15.4 Å². The second kappa shape index (κ2) is 5.72. The topological polar surface area (TPSA) is 50.4 Å². The highest BCUT2D eigenvalue weighted by molar-refractivity contribution is 5.95. The molecule has 102 valence electrons. The lowest BCUT2D eigenvalue weighted by molar-refractivity contribution is -0.129. The van der Waals surface area contributed by atoms with E-state index >= 15 is 0 Å². The lowest BCUT2D eigenvalue weighted by Gasteiger charge is -2.24. The fourth-order valence-corrected chi connectivity index (χ4v) is 2.81. The maximum absolute atomic E-state index is 12.2. The molecule has 0 radical (unpaired) electrons. The number of hydrogen-bond acceptors (Lipinski definition) is 3. The van der Waals surface area contributed by atoms with Crippen molar-refractivity contribution < 1.29 is 9.53 Å². The standard InChI is InChI=1S/C15H20N2O2/c18-15(14-6-1-2-9-19-14)17-13-5-3-4-11-10-16-8-7-12(11)13/h3-5,14,16H,1-2,6-10H2,(H,17,18). The molecule has 1 atom stereocenters. The Labute approximate surface area is 113 Å². The zero-order valence-electron chi connectivity index (χ0n) is 11.1. The van der Waals surface area contributed by atoms with Crippen LogP contribution >= 0.6 is 0 Å². The number of nitrogens with one attached hydrogen (secondary N) is 2. The van der Waals surface area contributed by atoms with E-state index in [0.29, 0.717) is 6.61 Å². The lowest BCUT2D eigenvalue weighted by Crippen LogP contribution is -2.34. The van der Waals surface area contributed by atoms with Gasteiger partial charge in [0.25, 0.3) is 5.91 Å². The maximum atomic E-state index is 12.2. The molecule has 2 heterocycles. The Balaban J connectivity index is 1.74. The summed E-state index contributed by atoms with van der Waals surface area (Å²) in [7, 11) is 0. The molecule has 0 aromatic heterocycles. The van der Waals surface area contributed by atoms with Crippen molar-refractivity contribution in [3.63, 3.8) is 0 Å². The first-order valence-corrected chi connectivity index (χ1v) is 7.08. The Hall–Kier alpha value is -1.39. The van der Waals surface area contributed by atoms with Gasteiger partial charge in [-0.3, -0.25) is 4.79 Å². The Morgan fingerprint density at radius 3 is 3.16 bits per heavy atom. The van der Waals surface area contributed by atoms with Crippen molar-refractivity contribution in [1.82, 2.24) is 5.32 Å². The number of anilines is 1. The number of rotatable bonds is 2. The average Bonchev–Trinajstić information content (AvgIpc) is 2.48. The first-order valence-electron chi connectivity index (χ1n) is 7.08. The van der Waals surface area contributed by atoms with Gasteiger partial charge in [0, 0.05) is 18.8 Å². The fourth-order valence-electron chi connectivity index (χ4n) is 2.81. The van der Waals surface area contributed by atoms with Gasteiger partial charge in [0.1, 0.15) is 6.10 Å². The van der Waals surface area contributed by atoms with E-state index < -0.39 is 0 Å². The molecule has 1 fully saturated rings. The molecule has 2 N–H and O–H groups in total. The van der Waals surface area contributed by atoms with Gasteiger partial charge in [0.05, 0.1) is 0 Å². The second-order valence-corrected chi connectivity index (χ2v) is 5.21. The predicted octanol–water partition coefficient (Wildman–Crippen LogP) is 1.84. The van der Waals surface area contributed by atoms with Gasteiger partial charge in [-0.2, -0.15) is 0 Å². The van der Waals surface area contributed by atoms with E-state index in [1.54, 1.807) is 0 Å². The van der Waals surface area contributed by atoms with E-state index in [4.69, 9.17) is 4.74 Å². The summed E-state index contributed by atoms with van der Waals surface area (Å²) in [6.07, 6.45) is 3.68. The normalized spacial score (nSPS) is 22.6. The van der Waals surface area contributed by atoms with Gasteiger partial charge in [0.2, 0.25) is 0 Å². The number of ether oxygens (including phenoxy) is 1. The van der Waals surface area contributed by atoms with Crippen LogP contribution in [0.1, 0.15) is 30.4 Å². The van der Waals surface area contributed by atoms with Gasteiger partial charge in [-0.05, 0) is 49.4 Å². The quantitative estimate of drug-likeness (QED) is 0.853. The Bertz CT molecular complexity index is 467. The third-order valence-corrected chi connectivity index (χ3v) is 3.87. The Morgan fingerprint density at radius 2 is 2.32 bits per heavy atom. The highest BCUT2D eigenvalue weighted by Gasteiger charge is 2.23. The molecule has 2 aliphatic rings. The number of carbonyl (C=O) groups excluding carboxylic acids is 1. The monoisotopic (exact) mass is 260 g/mol. The van der Waals surface area contributed by atoms with Gasteiger partial charge in [-0.25, -0.2) is 0 Å². The molecule has 0 aliphatic carbocycles. The average molecular weight is 260 g/mol. The lowest BCUT2D eigenvalue weighted by atomic mass is 9.98. The van der Waals surface area contributed by atoms with Crippen molar-refractivity contribution in [1.29, 1.82) is 0 Å². The number of fused-ring (bicyclic) bond motifs is 1. The minimum absolute atomic E-state index is 0.00614. The molecule has 2 aliphatic heterocycles. The second-order valence-electron chi connectivity index (χ2n) is 5.21. The molecule has 0 spiro atoms. The Kier molecular flexibility index (Phi) is 3.80. The van der Waals surface area contributed by atoms with Crippen molar-refractivity contribution in [3.05, 3.63) is 29.3 Å². The van der Waals surface area contributed by atoms with Crippen LogP contribution < -0.4 is 10.6 Å². The minimum atomic E-state index is -0.272. The smallest absolute Gasteiger partial charge is 0.253 e. The zero-order chi connectivity index (χ0) is 13.1. The summed E-state index contributed by atoms with van der Waals surface area (Å²) in [5.74, 6) is 0.00614. The van der Waals surface area contributed by atoms with Gasteiger partial charge in [-0.1, -0.05) is 12.1 Å². The molecule has 1 unspecified atom stereocenters. The minimum Gasteiger partial charge on any atom is -0.368 e. The van der Waals surface area contributed by atoms with Crippen LogP contribution in [0.2, 0.25) is 0 Å². The van der Waals surface area contributed by atoms with E-state index in [0.717, 1.165) is 44.5 Å². The predicted molar refractivity (Wildman–Crippen MR) is 74.1 cm³/mol. The molecule has 19 heavy (non-hydrogen) atoms. The number of hydrogen-bond donors (Lipinski definition) is 2. The third kappa shape index (κ3) is 2.80. The summed E-state index contributed by atoms with van der Waals surface area (Å²) in [5.41, 5.74) is 3.51. The fraction of sp³-hybridized carbons (Fsp3) is 0.533. The molecule has 1 saturated heterocycles. The SMILES string of the molecule is O=C(Nc1cccc2c1CCNC2)C1CCCCO1. The van der Waals surface area contributed by atoms with Crippen LogP contribution in [0.25, 0.3) is 0 Å². The number of carbonyl (C=O) groups is 1. The van der Waals surface area contributed by atoms with Crippen LogP contribution in [-0.4, -0.2) is 25.2 Å². The number of amides is 1. The van der Waals surface area contributed by atoms with Crippen molar-refractivity contribution >= 4 is 11.6 Å². The van der Waals surface area contributed by atoms with Gasteiger partial charge in [0.15, 0.2) is 0 Å². The van der Waals surface area contributed by atoms with Crippen LogP contribution in [0.3, 0.4) is 0 Å². The van der Waals surface area contributed by atoms with Gasteiger partial charge >= 0.3 is 0 Å². The van der Waals surface area contributed by atoms with Crippen LogP contribution in [0, 0.1) is 0 Å². The van der Waals surface area contributed by atoms with E-state index in [2.05, 4.69) is 16.7 Å². The van der Waals surface area contributed by atoms with E-state index in [1.807, 2.05) is 12.1 Å². The van der Waals surface area contributed by atoms with Crippen molar-refractivity contribution in [2.45, 2.75) is 38.3 Å². The molecule has 4 heteroatoms. The molecule has 3 rings (SSSR count). The summed E-state index contributed by atoms with van der Waals surface area (Å²) in [6, 6.07) is 6.11. The van der Waals surface area contributed by atoms with Crippen molar-refractivity contribution in [2.75, 3.05) is 18.5 Å². The van der Waals surface area contributed by atoms with Crippen molar-refractivity contribution in [3.8, 4) is 0 Å². The van der Waals surface area contributed by atoms with Crippen molar-refractivity contribution in [2.24, 2.45) is 0 Å². The Morgan fingerprint density at radius 1 is 1.37 bits per heavy atom.